The van der Waals surface area contributed by atoms with E-state index in [4.69, 9.17) is 11.6 Å². The molecule has 4 rings (SSSR count). The van der Waals surface area contributed by atoms with E-state index in [1.165, 1.54) is 22.2 Å². The third-order valence-corrected chi connectivity index (χ3v) is 6.45. The highest BCUT2D eigenvalue weighted by Crippen LogP contribution is 2.32. The smallest absolute Gasteiger partial charge is 0.324 e. The topological polar surface area (TPSA) is 80.1 Å². The van der Waals surface area contributed by atoms with Crippen molar-refractivity contribution in [3.8, 4) is 17.1 Å². The Morgan fingerprint density at radius 2 is 1.84 bits per heavy atom. The van der Waals surface area contributed by atoms with Crippen LogP contribution in [0.2, 0.25) is 5.02 Å². The molecule has 0 radical (unpaired) electrons. The van der Waals surface area contributed by atoms with Gasteiger partial charge in [-0.3, -0.25) is 14.3 Å². The largest absolute Gasteiger partial charge is 0.336 e. The van der Waals surface area contributed by atoms with E-state index in [2.05, 4.69) is 48.4 Å². The van der Waals surface area contributed by atoms with Crippen molar-refractivity contribution in [3.63, 3.8) is 0 Å². The lowest BCUT2D eigenvalue weighted by atomic mass is 9.87. The highest BCUT2D eigenvalue weighted by molar-refractivity contribution is 7.99. The third kappa shape index (κ3) is 4.52. The molecule has 0 unspecified atom stereocenters. The van der Waals surface area contributed by atoms with Gasteiger partial charge in [0.1, 0.15) is 0 Å². The summed E-state index contributed by atoms with van der Waals surface area (Å²) in [5.74, 6) is 0.432. The van der Waals surface area contributed by atoms with Gasteiger partial charge in [-0.05, 0) is 23.1 Å². The highest BCUT2D eigenvalue weighted by Gasteiger charge is 2.27. The number of benzene rings is 2. The molecule has 7 nitrogen and oxygen atoms in total. The lowest BCUT2D eigenvalue weighted by Gasteiger charge is -2.19. The molecule has 166 valence electrons. The van der Waals surface area contributed by atoms with Crippen LogP contribution >= 0.6 is 23.4 Å². The fraction of sp³-hybridized carbons (Fsp3) is 0.304. The van der Waals surface area contributed by atoms with Crippen molar-refractivity contribution in [1.29, 1.82) is 0 Å². The van der Waals surface area contributed by atoms with Crippen LogP contribution in [0.25, 0.3) is 17.1 Å². The molecule has 9 heteroatoms. The average molecular weight is 470 g/mol. The molecular weight excluding hydrogens is 446 g/mol. The molecule has 1 fully saturated rings. The first-order valence-corrected chi connectivity index (χ1v) is 11.6. The fourth-order valence-corrected chi connectivity index (χ4v) is 4.47. The first-order valence-electron chi connectivity index (χ1n) is 10.3. The number of para-hydroxylation sites is 1. The Morgan fingerprint density at radius 1 is 1.12 bits per heavy atom. The SMILES string of the molecule is CC(C)(C)c1ccc(-c2nnc(SCC(=O)N3CCNC3=O)n2-c2ccccc2Cl)cc1. The Balaban J connectivity index is 1.69. The molecule has 1 aromatic heterocycles. The molecule has 0 saturated carbocycles. The number of amides is 3. The Morgan fingerprint density at radius 3 is 2.47 bits per heavy atom. The summed E-state index contributed by atoms with van der Waals surface area (Å²) in [4.78, 5) is 25.5. The number of thioether (sulfide) groups is 1. The van der Waals surface area contributed by atoms with Gasteiger partial charge in [-0.1, -0.05) is 80.5 Å². The zero-order valence-corrected chi connectivity index (χ0v) is 19.7. The van der Waals surface area contributed by atoms with E-state index >= 15 is 0 Å². The van der Waals surface area contributed by atoms with Gasteiger partial charge in [0.15, 0.2) is 11.0 Å². The minimum atomic E-state index is -0.359. The first kappa shape index (κ1) is 22.4. The Kier molecular flexibility index (Phi) is 6.26. The number of halogens is 1. The molecule has 1 saturated heterocycles. The standard InChI is InChI=1S/C23H24ClN5O2S/c1-23(2,3)16-10-8-15(9-11-16)20-26-27-22(29(20)18-7-5-4-6-17(18)24)32-14-19(30)28-13-12-25-21(28)31/h4-11H,12-14H2,1-3H3,(H,25,31). The molecule has 0 spiro atoms. The third-order valence-electron chi connectivity index (χ3n) is 5.22. The van der Waals surface area contributed by atoms with E-state index in [-0.39, 0.29) is 23.1 Å². The van der Waals surface area contributed by atoms with Crippen molar-refractivity contribution >= 4 is 35.3 Å². The van der Waals surface area contributed by atoms with Crippen molar-refractivity contribution in [2.75, 3.05) is 18.8 Å². The number of carbonyl (C=O) groups is 2. The summed E-state index contributed by atoms with van der Waals surface area (Å²) in [7, 11) is 0. The number of hydrogen-bond acceptors (Lipinski definition) is 5. The van der Waals surface area contributed by atoms with Crippen molar-refractivity contribution in [1.82, 2.24) is 25.0 Å². The second kappa shape index (κ2) is 8.96. The number of carbonyl (C=O) groups excluding carboxylic acids is 2. The minimum absolute atomic E-state index is 0.0399. The van der Waals surface area contributed by atoms with Gasteiger partial charge in [0, 0.05) is 18.7 Å². The minimum Gasteiger partial charge on any atom is -0.336 e. The molecule has 1 N–H and O–H groups in total. The number of nitrogens with zero attached hydrogens (tertiary/aromatic N) is 4. The number of hydrogen-bond donors (Lipinski definition) is 1. The molecule has 0 aliphatic carbocycles. The maximum absolute atomic E-state index is 12.5. The zero-order chi connectivity index (χ0) is 22.9. The highest BCUT2D eigenvalue weighted by atomic mass is 35.5. The van der Waals surface area contributed by atoms with E-state index in [0.717, 1.165) is 11.3 Å². The molecular formula is C23H24ClN5O2S. The number of aromatic nitrogens is 3. The van der Waals surface area contributed by atoms with Gasteiger partial charge in [-0.2, -0.15) is 0 Å². The summed E-state index contributed by atoms with van der Waals surface area (Å²) < 4.78 is 1.86. The summed E-state index contributed by atoms with van der Waals surface area (Å²) in [6.45, 7) is 7.35. The van der Waals surface area contributed by atoms with Crippen molar-refractivity contribution < 1.29 is 9.59 Å². The Bertz CT molecular complexity index is 1150. The van der Waals surface area contributed by atoms with Crippen molar-refractivity contribution in [2.45, 2.75) is 31.3 Å². The van der Waals surface area contributed by atoms with Crippen LogP contribution in [0.15, 0.2) is 53.7 Å². The molecule has 2 heterocycles. The van der Waals surface area contributed by atoms with Crippen molar-refractivity contribution in [3.05, 3.63) is 59.1 Å². The summed E-state index contributed by atoms with van der Waals surface area (Å²) in [5, 5.41) is 12.5. The lowest BCUT2D eigenvalue weighted by molar-refractivity contribution is -0.124. The molecule has 0 bridgehead atoms. The van der Waals surface area contributed by atoms with Gasteiger partial charge in [-0.15, -0.1) is 10.2 Å². The second-order valence-electron chi connectivity index (χ2n) is 8.49. The van der Waals surface area contributed by atoms with Crippen LogP contribution in [0.1, 0.15) is 26.3 Å². The predicted octanol–water partition coefficient (Wildman–Crippen LogP) is 4.53. The number of nitrogens with one attached hydrogen (secondary N) is 1. The summed E-state index contributed by atoms with van der Waals surface area (Å²) >= 11 is 7.73. The lowest BCUT2D eigenvalue weighted by Crippen LogP contribution is -2.35. The van der Waals surface area contributed by atoms with Gasteiger partial charge in [0.05, 0.1) is 16.5 Å². The number of rotatable bonds is 5. The average Bonchev–Trinajstić information content (AvgIpc) is 3.38. The van der Waals surface area contributed by atoms with E-state index < -0.39 is 0 Å². The van der Waals surface area contributed by atoms with Crippen LogP contribution in [0.3, 0.4) is 0 Å². The van der Waals surface area contributed by atoms with Crippen LogP contribution in [0.4, 0.5) is 4.79 Å². The maximum Gasteiger partial charge on any atom is 0.324 e. The monoisotopic (exact) mass is 469 g/mol. The van der Waals surface area contributed by atoms with Gasteiger partial charge in [0.2, 0.25) is 5.91 Å². The van der Waals surface area contributed by atoms with Gasteiger partial charge < -0.3 is 5.32 Å². The van der Waals surface area contributed by atoms with E-state index in [1.54, 1.807) is 6.07 Å². The van der Waals surface area contributed by atoms with Gasteiger partial charge in [0.25, 0.3) is 0 Å². The second-order valence-corrected chi connectivity index (χ2v) is 9.84. The Hall–Kier alpha value is -2.84. The van der Waals surface area contributed by atoms with Crippen LogP contribution in [0, 0.1) is 0 Å². The number of urea groups is 1. The molecule has 3 aromatic rings. The maximum atomic E-state index is 12.5. The molecule has 32 heavy (non-hydrogen) atoms. The normalized spacial score (nSPS) is 14.0. The van der Waals surface area contributed by atoms with Crippen LogP contribution in [0.5, 0.6) is 0 Å². The fourth-order valence-electron chi connectivity index (χ4n) is 3.43. The van der Waals surface area contributed by atoms with Crippen molar-refractivity contribution in [2.24, 2.45) is 0 Å². The van der Waals surface area contributed by atoms with Gasteiger partial charge >= 0.3 is 6.03 Å². The van der Waals surface area contributed by atoms with E-state index in [1.807, 2.05) is 34.9 Å². The van der Waals surface area contributed by atoms with Gasteiger partial charge in [-0.25, -0.2) is 4.79 Å². The summed E-state index contributed by atoms with van der Waals surface area (Å²) in [6, 6.07) is 15.3. The predicted molar refractivity (Wildman–Crippen MR) is 126 cm³/mol. The Labute approximate surface area is 196 Å². The van der Waals surface area contributed by atoms with Crippen LogP contribution in [-0.4, -0.2) is 50.4 Å². The van der Waals surface area contributed by atoms with E-state index in [0.29, 0.717) is 29.1 Å². The zero-order valence-electron chi connectivity index (χ0n) is 18.1. The van der Waals surface area contributed by atoms with Crippen LogP contribution in [-0.2, 0) is 10.2 Å². The van der Waals surface area contributed by atoms with E-state index in [9.17, 15) is 9.59 Å². The molecule has 2 aromatic carbocycles. The number of imide groups is 1. The molecule has 0 atom stereocenters. The summed E-state index contributed by atoms with van der Waals surface area (Å²) in [5.41, 5.74) is 2.87. The first-order chi connectivity index (χ1) is 15.3. The molecule has 1 aliphatic heterocycles. The molecule has 3 amide bonds. The quantitative estimate of drug-likeness (QED) is 0.555. The van der Waals surface area contributed by atoms with Crippen LogP contribution < -0.4 is 5.32 Å². The summed E-state index contributed by atoms with van der Waals surface area (Å²) in [6.07, 6.45) is 0. The molecule has 1 aliphatic rings.